The second kappa shape index (κ2) is 8.70. The molecule has 0 aromatic heterocycles. The molecule has 2 rings (SSSR count). The highest BCUT2D eigenvalue weighted by Crippen LogP contribution is 2.28. The molecule has 8 N–H and O–H groups in total. The Morgan fingerprint density at radius 1 is 1.30 bits per heavy atom. The maximum atomic E-state index is 12.8. The van der Waals surface area contributed by atoms with Crippen LogP contribution < -0.4 is 11.5 Å². The summed E-state index contributed by atoms with van der Waals surface area (Å²) < 4.78 is 0. The molecule has 1 unspecified atom stereocenters. The number of rotatable bonds is 7. The van der Waals surface area contributed by atoms with Crippen molar-refractivity contribution in [2.75, 3.05) is 13.1 Å². The molecule has 0 spiro atoms. The number of hydrogen-bond donors (Lipinski definition) is 6. The third kappa shape index (κ3) is 5.67. The standard InChI is InChI=1S/C17H26BN3O6/c19-14(7-11-1-3-13(22)4-2-11)15(23)21-9-12(5-6-18(26)27)8-17(20,10-21)16(24)25/h1-4,12,14,22,26-27H,5-10,19-20H2,(H,24,25)/t12-,14?,17+/m0/s1. The smallest absolute Gasteiger partial charge is 0.451 e. The molecule has 1 aliphatic rings. The number of phenolic OH excluding ortho intramolecular Hbond substituents is 1. The summed E-state index contributed by atoms with van der Waals surface area (Å²) in [5.74, 6) is -1.78. The lowest BCUT2D eigenvalue weighted by atomic mass is 9.75. The number of aromatic hydroxyl groups is 1. The molecule has 1 aliphatic heterocycles. The fraction of sp³-hybridized carbons (Fsp3) is 0.529. The predicted octanol–water partition coefficient (Wildman–Crippen LogP) is -1.24. The number of carboxylic acids is 1. The molecule has 1 aromatic rings. The number of nitrogens with zero attached hydrogens (tertiary/aromatic N) is 1. The van der Waals surface area contributed by atoms with E-state index in [-0.39, 0.29) is 43.9 Å². The van der Waals surface area contributed by atoms with Crippen molar-refractivity contribution in [1.29, 1.82) is 0 Å². The van der Waals surface area contributed by atoms with Crippen molar-refractivity contribution in [2.24, 2.45) is 17.4 Å². The first kappa shape index (κ1) is 21.2. The molecule has 1 amide bonds. The van der Waals surface area contributed by atoms with Crippen LogP contribution in [0.2, 0.25) is 6.32 Å². The van der Waals surface area contributed by atoms with E-state index < -0.39 is 30.6 Å². The molecule has 9 nitrogen and oxygen atoms in total. The molecule has 1 aromatic carbocycles. The third-order valence-corrected chi connectivity index (χ3v) is 4.88. The number of carbonyl (C=O) groups is 2. The lowest BCUT2D eigenvalue weighted by Gasteiger charge is -2.42. The van der Waals surface area contributed by atoms with Crippen molar-refractivity contribution in [1.82, 2.24) is 4.90 Å². The third-order valence-electron chi connectivity index (χ3n) is 4.88. The topological polar surface area (TPSA) is 170 Å². The monoisotopic (exact) mass is 379 g/mol. The molecule has 27 heavy (non-hydrogen) atoms. The van der Waals surface area contributed by atoms with Gasteiger partial charge in [0.05, 0.1) is 6.04 Å². The molecule has 148 valence electrons. The highest BCUT2D eigenvalue weighted by Gasteiger charge is 2.44. The van der Waals surface area contributed by atoms with Gasteiger partial charge in [-0.15, -0.1) is 0 Å². The number of phenols is 1. The van der Waals surface area contributed by atoms with Crippen molar-refractivity contribution in [3.63, 3.8) is 0 Å². The van der Waals surface area contributed by atoms with Crippen LogP contribution in [-0.4, -0.2) is 68.8 Å². The van der Waals surface area contributed by atoms with Gasteiger partial charge in [0.2, 0.25) is 5.91 Å². The lowest BCUT2D eigenvalue weighted by Crippen LogP contribution is -2.64. The zero-order chi connectivity index (χ0) is 20.2. The summed E-state index contributed by atoms with van der Waals surface area (Å²) in [6, 6.07) is 5.44. The highest BCUT2D eigenvalue weighted by molar-refractivity contribution is 6.40. The van der Waals surface area contributed by atoms with Gasteiger partial charge in [-0.05, 0) is 42.8 Å². The predicted molar refractivity (Wildman–Crippen MR) is 98.6 cm³/mol. The van der Waals surface area contributed by atoms with Crippen LogP contribution in [0.3, 0.4) is 0 Å². The summed E-state index contributed by atoms with van der Waals surface area (Å²) >= 11 is 0. The Labute approximate surface area is 157 Å². The fourth-order valence-corrected chi connectivity index (χ4v) is 3.47. The number of carboxylic acid groups (broad SMARTS) is 1. The van der Waals surface area contributed by atoms with E-state index in [9.17, 15) is 19.8 Å². The Morgan fingerprint density at radius 2 is 1.93 bits per heavy atom. The molecule has 10 heteroatoms. The lowest BCUT2D eigenvalue weighted by molar-refractivity contribution is -0.149. The average Bonchev–Trinajstić information content (AvgIpc) is 2.60. The number of nitrogens with two attached hydrogens (primary N) is 2. The van der Waals surface area contributed by atoms with E-state index in [2.05, 4.69) is 0 Å². The summed E-state index contributed by atoms with van der Waals surface area (Å²) in [5.41, 5.74) is 11.2. The van der Waals surface area contributed by atoms with Crippen molar-refractivity contribution in [3.05, 3.63) is 29.8 Å². The van der Waals surface area contributed by atoms with E-state index in [1.165, 1.54) is 17.0 Å². The fourth-order valence-electron chi connectivity index (χ4n) is 3.47. The van der Waals surface area contributed by atoms with Gasteiger partial charge in [-0.2, -0.15) is 0 Å². The Balaban J connectivity index is 2.09. The average molecular weight is 379 g/mol. The minimum absolute atomic E-state index is 0.0714. The summed E-state index contributed by atoms with van der Waals surface area (Å²) in [7, 11) is -1.50. The first-order valence-corrected chi connectivity index (χ1v) is 8.81. The summed E-state index contributed by atoms with van der Waals surface area (Å²) in [4.78, 5) is 25.7. The van der Waals surface area contributed by atoms with Gasteiger partial charge in [0.25, 0.3) is 0 Å². The summed E-state index contributed by atoms with van der Waals surface area (Å²) in [6.45, 7) is 0.115. The maximum absolute atomic E-state index is 12.8. The second-order valence-corrected chi connectivity index (χ2v) is 7.29. The molecule has 1 saturated heterocycles. The second-order valence-electron chi connectivity index (χ2n) is 7.29. The summed E-state index contributed by atoms with van der Waals surface area (Å²) in [6.07, 6.45) is 0.787. The first-order chi connectivity index (χ1) is 12.6. The van der Waals surface area contributed by atoms with E-state index >= 15 is 0 Å². The molecule has 1 heterocycles. The van der Waals surface area contributed by atoms with Gasteiger partial charge >= 0.3 is 13.1 Å². The van der Waals surface area contributed by atoms with E-state index in [4.69, 9.17) is 21.5 Å². The Bertz CT molecular complexity index is 671. The Kier molecular flexibility index (Phi) is 6.82. The van der Waals surface area contributed by atoms with Gasteiger partial charge < -0.3 is 36.6 Å². The number of likely N-dealkylation sites (tertiary alicyclic amines) is 1. The number of aliphatic carboxylic acids is 1. The maximum Gasteiger partial charge on any atom is 0.451 e. The van der Waals surface area contributed by atoms with Crippen LogP contribution in [0.1, 0.15) is 18.4 Å². The molecule has 0 bridgehead atoms. The number of carbonyl (C=O) groups excluding carboxylic acids is 1. The van der Waals surface area contributed by atoms with Crippen LogP contribution in [0.5, 0.6) is 5.75 Å². The van der Waals surface area contributed by atoms with Gasteiger partial charge in [0.1, 0.15) is 11.3 Å². The highest BCUT2D eigenvalue weighted by atomic mass is 16.4. The van der Waals surface area contributed by atoms with Gasteiger partial charge in [-0.1, -0.05) is 18.6 Å². The number of hydrogen-bond acceptors (Lipinski definition) is 7. The van der Waals surface area contributed by atoms with Crippen molar-refractivity contribution < 1.29 is 29.9 Å². The van der Waals surface area contributed by atoms with Crippen LogP contribution in [-0.2, 0) is 16.0 Å². The number of piperidine rings is 1. The SMILES string of the molecule is NC(Cc1ccc(O)cc1)C(=O)N1C[C@@H](CCB(O)O)C[C@](N)(C(=O)O)C1. The van der Waals surface area contributed by atoms with Crippen LogP contribution in [0.15, 0.2) is 24.3 Å². The van der Waals surface area contributed by atoms with Crippen molar-refractivity contribution in [3.8, 4) is 5.75 Å². The van der Waals surface area contributed by atoms with Gasteiger partial charge in [0, 0.05) is 13.1 Å². The number of amides is 1. The van der Waals surface area contributed by atoms with Gasteiger partial charge in [-0.3, -0.25) is 9.59 Å². The van der Waals surface area contributed by atoms with Crippen LogP contribution >= 0.6 is 0 Å². The Morgan fingerprint density at radius 3 is 2.48 bits per heavy atom. The molecule has 0 aliphatic carbocycles. The quantitative estimate of drug-likeness (QED) is 0.319. The molecular weight excluding hydrogens is 353 g/mol. The largest absolute Gasteiger partial charge is 0.508 e. The molecule has 0 saturated carbocycles. The van der Waals surface area contributed by atoms with E-state index in [1.807, 2.05) is 0 Å². The Hall–Kier alpha value is -2.14. The normalized spacial score (nSPS) is 23.7. The van der Waals surface area contributed by atoms with Crippen molar-refractivity contribution in [2.45, 2.75) is 37.2 Å². The van der Waals surface area contributed by atoms with Gasteiger partial charge in [-0.25, -0.2) is 0 Å². The van der Waals surface area contributed by atoms with Crippen LogP contribution in [0.25, 0.3) is 0 Å². The minimum Gasteiger partial charge on any atom is -0.508 e. The van der Waals surface area contributed by atoms with E-state index in [0.29, 0.717) is 6.42 Å². The number of benzene rings is 1. The van der Waals surface area contributed by atoms with Gasteiger partial charge in [0.15, 0.2) is 0 Å². The van der Waals surface area contributed by atoms with E-state index in [1.54, 1.807) is 12.1 Å². The molecule has 3 atom stereocenters. The molecule has 1 fully saturated rings. The zero-order valence-electron chi connectivity index (χ0n) is 15.0. The summed E-state index contributed by atoms with van der Waals surface area (Å²) in [5, 5.41) is 36.9. The zero-order valence-corrected chi connectivity index (χ0v) is 15.0. The van der Waals surface area contributed by atoms with E-state index in [0.717, 1.165) is 5.56 Å². The minimum atomic E-state index is -1.60. The molecule has 0 radical (unpaired) electrons. The van der Waals surface area contributed by atoms with Crippen LogP contribution in [0, 0.1) is 5.92 Å². The first-order valence-electron chi connectivity index (χ1n) is 8.81. The van der Waals surface area contributed by atoms with Crippen LogP contribution in [0.4, 0.5) is 0 Å². The molecular formula is C17H26BN3O6. The van der Waals surface area contributed by atoms with Crippen molar-refractivity contribution >= 4 is 19.0 Å².